The van der Waals surface area contributed by atoms with E-state index in [1.54, 1.807) is 0 Å². The van der Waals surface area contributed by atoms with Gasteiger partial charge in [0.1, 0.15) is 4.60 Å². The number of nitrogens with zero attached hydrogens (tertiary/aromatic N) is 5. The van der Waals surface area contributed by atoms with Crippen LogP contribution in [-0.4, -0.2) is 32.3 Å². The number of rotatable bonds is 2. The van der Waals surface area contributed by atoms with Crippen LogP contribution in [0, 0.1) is 0 Å². The van der Waals surface area contributed by atoms with E-state index >= 15 is 0 Å². The largest absolute Gasteiger partial charge is 0.494 e. The average Bonchev–Trinajstić information content (AvgIpc) is 2.77. The normalized spacial score (nSPS) is 11.6. The highest BCUT2D eigenvalue weighted by Gasteiger charge is 2.38. The lowest BCUT2D eigenvalue weighted by Gasteiger charge is -2.08. The fourth-order valence-corrected chi connectivity index (χ4v) is 1.68. The van der Waals surface area contributed by atoms with Gasteiger partial charge in [-0.2, -0.15) is 17.9 Å². The maximum atomic E-state index is 12.6. The highest BCUT2D eigenvalue weighted by molar-refractivity contribution is 9.10. The van der Waals surface area contributed by atoms with Gasteiger partial charge in [0.15, 0.2) is 11.6 Å². The number of hydrogen-bond acceptors (Lipinski definition) is 5. The van der Waals surface area contributed by atoms with Gasteiger partial charge in [-0.3, -0.25) is 0 Å². The molecule has 2 aromatic heterocycles. The number of alkyl halides is 3. The molecule has 2 aromatic rings. The molecule has 18 heavy (non-hydrogen) atoms. The summed E-state index contributed by atoms with van der Waals surface area (Å²) in [6, 6.07) is 2.77. The molecule has 0 aliphatic carbocycles. The Bertz CT molecular complexity index is 570. The molecule has 10 heteroatoms. The molecule has 0 aliphatic heterocycles. The molecule has 0 N–H and O–H groups in total. The third-order valence-electron chi connectivity index (χ3n) is 1.96. The summed E-state index contributed by atoms with van der Waals surface area (Å²) >= 11 is 3.07. The Kier molecular flexibility index (Phi) is 3.20. The van der Waals surface area contributed by atoms with Gasteiger partial charge >= 0.3 is 6.18 Å². The summed E-state index contributed by atoms with van der Waals surface area (Å²) in [5.41, 5.74) is 0. The van der Waals surface area contributed by atoms with Crippen molar-refractivity contribution in [1.29, 1.82) is 0 Å². The van der Waals surface area contributed by atoms with Crippen LogP contribution in [0.25, 0.3) is 5.82 Å². The average molecular weight is 324 g/mol. The van der Waals surface area contributed by atoms with Gasteiger partial charge < -0.3 is 4.74 Å². The molecule has 96 valence electrons. The third-order valence-corrected chi connectivity index (χ3v) is 2.53. The Morgan fingerprint density at radius 3 is 2.61 bits per heavy atom. The number of methoxy groups -OCH3 is 1. The van der Waals surface area contributed by atoms with Crippen LogP contribution >= 0.6 is 15.9 Å². The smallest absolute Gasteiger partial charge is 0.453 e. The minimum absolute atomic E-state index is 0.0694. The van der Waals surface area contributed by atoms with Crippen molar-refractivity contribution in [3.63, 3.8) is 0 Å². The summed E-state index contributed by atoms with van der Waals surface area (Å²) in [6.45, 7) is 0. The van der Waals surface area contributed by atoms with Gasteiger partial charge in [-0.15, -0.1) is 5.10 Å². The zero-order valence-corrected chi connectivity index (χ0v) is 10.4. The monoisotopic (exact) mass is 323 g/mol. The molecule has 0 unspecified atom stereocenters. The second kappa shape index (κ2) is 4.52. The van der Waals surface area contributed by atoms with Crippen molar-refractivity contribution in [2.24, 2.45) is 0 Å². The van der Waals surface area contributed by atoms with Crippen molar-refractivity contribution in [3.8, 4) is 11.6 Å². The Morgan fingerprint density at radius 1 is 1.33 bits per heavy atom. The number of aromatic nitrogens is 5. The first-order valence-electron chi connectivity index (χ1n) is 4.50. The van der Waals surface area contributed by atoms with E-state index < -0.39 is 12.0 Å². The predicted molar refractivity (Wildman–Crippen MR) is 56.2 cm³/mol. The molecule has 0 atom stereocenters. The Hall–Kier alpha value is -1.71. The summed E-state index contributed by atoms with van der Waals surface area (Å²) < 4.78 is 43.4. The van der Waals surface area contributed by atoms with Crippen molar-refractivity contribution in [2.75, 3.05) is 7.11 Å². The highest BCUT2D eigenvalue weighted by atomic mass is 79.9. The second-order valence-corrected chi connectivity index (χ2v) is 3.83. The van der Waals surface area contributed by atoms with Crippen LogP contribution in [0.1, 0.15) is 5.82 Å². The minimum atomic E-state index is -4.66. The van der Waals surface area contributed by atoms with E-state index in [2.05, 4.69) is 36.4 Å². The van der Waals surface area contributed by atoms with Crippen LogP contribution in [0.3, 0.4) is 0 Å². The lowest BCUT2D eigenvalue weighted by molar-refractivity contribution is -0.146. The van der Waals surface area contributed by atoms with Crippen molar-refractivity contribution in [2.45, 2.75) is 6.18 Å². The summed E-state index contributed by atoms with van der Waals surface area (Å²) in [4.78, 5) is 3.87. The van der Waals surface area contributed by atoms with E-state index in [9.17, 15) is 13.2 Å². The van der Waals surface area contributed by atoms with Crippen LogP contribution < -0.4 is 4.74 Å². The maximum Gasteiger partial charge on any atom is 0.453 e. The first-order chi connectivity index (χ1) is 8.43. The molecule has 0 aliphatic rings. The molecule has 2 heterocycles. The highest BCUT2D eigenvalue weighted by Crippen LogP contribution is 2.29. The van der Waals surface area contributed by atoms with E-state index in [-0.39, 0.29) is 10.4 Å². The summed E-state index contributed by atoms with van der Waals surface area (Å²) in [5, 5.41) is 9.18. The fraction of sp³-hybridized carbons (Fsp3) is 0.250. The molecule has 0 fully saturated rings. The number of halogens is 4. The topological polar surface area (TPSA) is 65.7 Å². The first-order valence-corrected chi connectivity index (χ1v) is 5.29. The van der Waals surface area contributed by atoms with Crippen LogP contribution in [-0.2, 0) is 6.18 Å². The van der Waals surface area contributed by atoms with Gasteiger partial charge in [-0.1, -0.05) is 0 Å². The van der Waals surface area contributed by atoms with Crippen LogP contribution in [0.15, 0.2) is 16.7 Å². The molecule has 2 rings (SSSR count). The zero-order chi connectivity index (χ0) is 13.3. The number of pyridine rings is 1. The second-order valence-electron chi connectivity index (χ2n) is 3.07. The minimum Gasteiger partial charge on any atom is -0.494 e. The quantitative estimate of drug-likeness (QED) is 0.789. The van der Waals surface area contributed by atoms with E-state index in [1.165, 1.54) is 19.2 Å². The van der Waals surface area contributed by atoms with Gasteiger partial charge in [0.05, 0.1) is 7.11 Å². The summed E-state index contributed by atoms with van der Waals surface area (Å²) in [5.74, 6) is -0.924. The third kappa shape index (κ3) is 2.28. The van der Waals surface area contributed by atoms with Gasteiger partial charge in [0, 0.05) is 0 Å². The van der Waals surface area contributed by atoms with Crippen molar-refractivity contribution < 1.29 is 17.9 Å². The predicted octanol–water partition coefficient (Wildman–Crippen LogP) is 1.85. The van der Waals surface area contributed by atoms with Crippen LogP contribution in [0.5, 0.6) is 5.75 Å². The standard InChI is InChI=1S/C8H5BrF3N5O/c1-18-4-2-3-5(13-6(4)9)17-7(8(10,11)12)14-15-16-17/h2-3H,1H3. The van der Waals surface area contributed by atoms with Gasteiger partial charge in [-0.25, -0.2) is 4.98 Å². The van der Waals surface area contributed by atoms with E-state index in [1.807, 2.05) is 0 Å². The van der Waals surface area contributed by atoms with E-state index in [0.717, 1.165) is 0 Å². The summed E-state index contributed by atoms with van der Waals surface area (Å²) in [7, 11) is 1.42. The Morgan fingerprint density at radius 2 is 2.06 bits per heavy atom. The zero-order valence-electron chi connectivity index (χ0n) is 8.81. The SMILES string of the molecule is COc1ccc(-n2nnnc2C(F)(F)F)nc1Br. The van der Waals surface area contributed by atoms with Crippen molar-refractivity contribution in [1.82, 2.24) is 25.2 Å². The summed E-state index contributed by atoms with van der Waals surface area (Å²) in [6.07, 6.45) is -4.66. The molecule has 6 nitrogen and oxygen atoms in total. The van der Waals surface area contributed by atoms with Gasteiger partial charge in [-0.05, 0) is 38.5 Å². The molecule has 0 spiro atoms. The maximum absolute atomic E-state index is 12.6. The Balaban J connectivity index is 2.50. The van der Waals surface area contributed by atoms with Crippen molar-refractivity contribution in [3.05, 3.63) is 22.6 Å². The van der Waals surface area contributed by atoms with Gasteiger partial charge in [0.25, 0.3) is 5.82 Å². The van der Waals surface area contributed by atoms with Crippen LogP contribution in [0.2, 0.25) is 0 Å². The molecule has 0 radical (unpaired) electrons. The number of ether oxygens (including phenoxy) is 1. The molecule has 0 aromatic carbocycles. The first kappa shape index (κ1) is 12.7. The Labute approximate surface area is 107 Å². The molecular formula is C8H5BrF3N5O. The molecule has 0 amide bonds. The number of hydrogen-bond donors (Lipinski definition) is 0. The van der Waals surface area contributed by atoms with Crippen molar-refractivity contribution >= 4 is 15.9 Å². The fourth-order valence-electron chi connectivity index (χ4n) is 1.20. The lowest BCUT2D eigenvalue weighted by atomic mass is 10.4. The molecule has 0 saturated carbocycles. The molecule has 0 bridgehead atoms. The molecule has 0 saturated heterocycles. The number of tetrazole rings is 1. The van der Waals surface area contributed by atoms with E-state index in [4.69, 9.17) is 4.74 Å². The molecular weight excluding hydrogens is 319 g/mol. The van der Waals surface area contributed by atoms with Crippen LogP contribution in [0.4, 0.5) is 13.2 Å². The van der Waals surface area contributed by atoms with E-state index in [0.29, 0.717) is 10.4 Å². The van der Waals surface area contributed by atoms with Gasteiger partial charge in [0.2, 0.25) is 0 Å². The lowest BCUT2D eigenvalue weighted by Crippen LogP contribution is -2.15.